The van der Waals surface area contributed by atoms with Crippen LogP contribution in [0.15, 0.2) is 35.5 Å². The van der Waals surface area contributed by atoms with Crippen molar-refractivity contribution in [2.24, 2.45) is 0 Å². The van der Waals surface area contributed by atoms with Gasteiger partial charge < -0.3 is 19.7 Å². The van der Waals surface area contributed by atoms with Crippen molar-refractivity contribution in [3.05, 3.63) is 47.2 Å². The summed E-state index contributed by atoms with van der Waals surface area (Å²) in [5.74, 6) is 1.55. The molecule has 0 saturated carbocycles. The highest BCUT2D eigenvalue weighted by Gasteiger charge is 2.13. The summed E-state index contributed by atoms with van der Waals surface area (Å²) >= 11 is 1.57. The Labute approximate surface area is 201 Å². The molecule has 1 aliphatic rings. The van der Waals surface area contributed by atoms with E-state index in [9.17, 15) is 4.79 Å². The fourth-order valence-corrected chi connectivity index (χ4v) is 4.48. The predicted molar refractivity (Wildman–Crippen MR) is 132 cm³/mol. The van der Waals surface area contributed by atoms with Crippen molar-refractivity contribution >= 4 is 23.5 Å². The molecule has 180 valence electrons. The summed E-state index contributed by atoms with van der Waals surface area (Å²) in [4.78, 5) is 26.5. The van der Waals surface area contributed by atoms with Gasteiger partial charge in [-0.3, -0.25) is 9.69 Å². The van der Waals surface area contributed by atoms with Crippen LogP contribution in [-0.2, 0) is 21.8 Å². The number of carbonyl (C=O) groups is 1. The monoisotopic (exact) mass is 473 g/mol. The Hall–Kier alpha value is -2.20. The summed E-state index contributed by atoms with van der Waals surface area (Å²) in [5, 5.41) is 3.74. The van der Waals surface area contributed by atoms with Gasteiger partial charge in [-0.05, 0) is 31.5 Å². The zero-order valence-corrected chi connectivity index (χ0v) is 20.7. The lowest BCUT2D eigenvalue weighted by molar-refractivity contribution is 0.0383. The highest BCUT2D eigenvalue weighted by molar-refractivity contribution is 7.98. The number of hydrogen-bond acceptors (Lipinski definition) is 8. The molecule has 33 heavy (non-hydrogen) atoms. The van der Waals surface area contributed by atoms with Crippen molar-refractivity contribution in [1.29, 1.82) is 0 Å². The van der Waals surface area contributed by atoms with E-state index in [1.807, 2.05) is 30.3 Å². The predicted octanol–water partition coefficient (Wildman–Crippen LogP) is 2.82. The van der Waals surface area contributed by atoms with Gasteiger partial charge in [0.1, 0.15) is 5.82 Å². The molecular weight excluding hydrogens is 438 g/mol. The molecule has 1 aromatic heterocycles. The number of ether oxygens (including phenoxy) is 2. The third kappa shape index (κ3) is 7.96. The van der Waals surface area contributed by atoms with Gasteiger partial charge in [-0.1, -0.05) is 23.9 Å². The number of morpholine rings is 1. The van der Waals surface area contributed by atoms with Crippen LogP contribution in [0.5, 0.6) is 0 Å². The molecule has 0 bridgehead atoms. The lowest BCUT2D eigenvalue weighted by atomic mass is 10.1. The molecule has 1 amide bonds. The molecule has 0 aliphatic carbocycles. The topological polar surface area (TPSA) is 79.8 Å². The first-order chi connectivity index (χ1) is 16.1. The number of anilines is 1. The lowest BCUT2D eigenvalue weighted by Crippen LogP contribution is -2.41. The second-order valence-corrected chi connectivity index (χ2v) is 8.75. The quantitative estimate of drug-likeness (QED) is 0.372. The number of hydrogen-bond donors (Lipinski definition) is 1. The second kappa shape index (κ2) is 13.5. The molecule has 2 heterocycles. The molecule has 2 aromatic rings. The van der Waals surface area contributed by atoms with E-state index in [0.29, 0.717) is 29.6 Å². The van der Waals surface area contributed by atoms with Gasteiger partial charge in [-0.2, -0.15) is 0 Å². The number of nitrogens with zero attached hydrogens (tertiary/aromatic N) is 4. The van der Waals surface area contributed by atoms with Crippen LogP contribution in [-0.4, -0.2) is 80.4 Å². The van der Waals surface area contributed by atoms with Crippen LogP contribution < -0.4 is 10.2 Å². The SMILES string of the molecule is CCN(CC)c1cc(COC)nc(SCc2cccc(C(=O)NCCN3CCOCC3)c2)n1. The summed E-state index contributed by atoms with van der Waals surface area (Å²) in [6.07, 6.45) is 0. The van der Waals surface area contributed by atoms with Crippen molar-refractivity contribution in [2.45, 2.75) is 31.4 Å². The molecule has 1 aromatic carbocycles. The highest BCUT2D eigenvalue weighted by Crippen LogP contribution is 2.23. The molecule has 1 N–H and O–H groups in total. The van der Waals surface area contributed by atoms with Crippen LogP contribution in [0, 0.1) is 0 Å². The number of benzene rings is 1. The van der Waals surface area contributed by atoms with Crippen LogP contribution in [0.25, 0.3) is 0 Å². The van der Waals surface area contributed by atoms with Gasteiger partial charge in [0.05, 0.1) is 25.5 Å². The summed E-state index contributed by atoms with van der Waals surface area (Å²) in [6.45, 7) is 11.3. The number of aromatic nitrogens is 2. The van der Waals surface area contributed by atoms with E-state index in [1.54, 1.807) is 18.9 Å². The second-order valence-electron chi connectivity index (χ2n) is 7.80. The average Bonchev–Trinajstić information content (AvgIpc) is 2.84. The summed E-state index contributed by atoms with van der Waals surface area (Å²) in [5.41, 5.74) is 2.60. The minimum absolute atomic E-state index is 0.0442. The van der Waals surface area contributed by atoms with Crippen molar-refractivity contribution < 1.29 is 14.3 Å². The van der Waals surface area contributed by atoms with Gasteiger partial charge in [-0.15, -0.1) is 0 Å². The zero-order chi connectivity index (χ0) is 23.5. The Morgan fingerprint density at radius 1 is 1.21 bits per heavy atom. The maximum atomic E-state index is 12.6. The standard InChI is InChI=1S/C24H35N5O3S/c1-4-29(5-2)22-16-21(17-31-3)26-24(27-22)33-18-19-7-6-8-20(15-19)23(30)25-9-10-28-11-13-32-14-12-28/h6-8,15-16H,4-5,9-14,17-18H2,1-3H3,(H,25,30). The molecule has 0 unspecified atom stereocenters. The van der Waals surface area contributed by atoms with Crippen molar-refractivity contribution in [1.82, 2.24) is 20.2 Å². The first kappa shape index (κ1) is 25.4. The Morgan fingerprint density at radius 3 is 2.73 bits per heavy atom. The molecule has 3 rings (SSSR count). The van der Waals surface area contributed by atoms with E-state index < -0.39 is 0 Å². The zero-order valence-electron chi connectivity index (χ0n) is 19.9. The van der Waals surface area contributed by atoms with Crippen molar-refractivity contribution in [3.8, 4) is 0 Å². The minimum Gasteiger partial charge on any atom is -0.379 e. The lowest BCUT2D eigenvalue weighted by Gasteiger charge is -2.26. The van der Waals surface area contributed by atoms with Crippen molar-refractivity contribution in [2.75, 3.05) is 64.5 Å². The molecule has 0 radical (unpaired) electrons. The minimum atomic E-state index is -0.0442. The smallest absolute Gasteiger partial charge is 0.251 e. The Balaban J connectivity index is 1.59. The van der Waals surface area contributed by atoms with E-state index in [4.69, 9.17) is 14.5 Å². The third-order valence-electron chi connectivity index (χ3n) is 5.50. The van der Waals surface area contributed by atoms with Gasteiger partial charge >= 0.3 is 0 Å². The first-order valence-corrected chi connectivity index (χ1v) is 12.5. The van der Waals surface area contributed by atoms with Crippen molar-refractivity contribution in [3.63, 3.8) is 0 Å². The van der Waals surface area contributed by atoms with Gasteiger partial charge in [0, 0.05) is 63.8 Å². The van der Waals surface area contributed by atoms with Gasteiger partial charge in [0.15, 0.2) is 5.16 Å². The summed E-state index contributed by atoms with van der Waals surface area (Å²) < 4.78 is 10.7. The number of carbonyl (C=O) groups excluding carboxylic acids is 1. The van der Waals surface area contributed by atoms with E-state index in [-0.39, 0.29) is 5.91 Å². The molecule has 1 aliphatic heterocycles. The van der Waals surface area contributed by atoms with Gasteiger partial charge in [0.25, 0.3) is 5.91 Å². The molecule has 9 heteroatoms. The first-order valence-electron chi connectivity index (χ1n) is 11.5. The Bertz CT molecular complexity index is 888. The number of methoxy groups -OCH3 is 1. The summed E-state index contributed by atoms with van der Waals surface area (Å²) in [7, 11) is 1.67. The molecular formula is C24H35N5O3S. The molecule has 0 atom stereocenters. The molecule has 1 fully saturated rings. The van der Waals surface area contributed by atoms with Crippen LogP contribution >= 0.6 is 11.8 Å². The normalized spacial score (nSPS) is 14.3. The fourth-order valence-electron chi connectivity index (χ4n) is 3.66. The van der Waals surface area contributed by atoms with Crippen LogP contribution in [0.4, 0.5) is 5.82 Å². The fraction of sp³-hybridized carbons (Fsp3) is 0.542. The highest BCUT2D eigenvalue weighted by atomic mass is 32.2. The largest absolute Gasteiger partial charge is 0.379 e. The van der Waals surface area contributed by atoms with Crippen LogP contribution in [0.1, 0.15) is 35.5 Å². The number of amides is 1. The Morgan fingerprint density at radius 2 is 2.00 bits per heavy atom. The molecule has 1 saturated heterocycles. The maximum Gasteiger partial charge on any atom is 0.251 e. The van der Waals surface area contributed by atoms with Crippen LogP contribution in [0.2, 0.25) is 0 Å². The summed E-state index contributed by atoms with van der Waals surface area (Å²) in [6, 6.07) is 9.74. The van der Waals surface area contributed by atoms with E-state index >= 15 is 0 Å². The maximum absolute atomic E-state index is 12.6. The van der Waals surface area contributed by atoms with Crippen LogP contribution in [0.3, 0.4) is 0 Å². The van der Waals surface area contributed by atoms with Gasteiger partial charge in [-0.25, -0.2) is 9.97 Å². The Kier molecular flexibility index (Phi) is 10.4. The third-order valence-corrected chi connectivity index (χ3v) is 6.42. The number of nitrogens with one attached hydrogen (secondary N) is 1. The van der Waals surface area contributed by atoms with E-state index in [1.165, 1.54) is 0 Å². The number of thioether (sulfide) groups is 1. The number of rotatable bonds is 12. The van der Waals surface area contributed by atoms with E-state index in [0.717, 1.165) is 63.0 Å². The molecule has 8 nitrogen and oxygen atoms in total. The van der Waals surface area contributed by atoms with Gasteiger partial charge in [0.2, 0.25) is 0 Å². The average molecular weight is 474 g/mol. The molecule has 0 spiro atoms. The van der Waals surface area contributed by atoms with E-state index in [2.05, 4.69) is 33.9 Å².